The van der Waals surface area contributed by atoms with Crippen molar-refractivity contribution in [1.29, 1.82) is 0 Å². The molecule has 0 radical (unpaired) electrons. The van der Waals surface area contributed by atoms with Crippen molar-refractivity contribution in [2.24, 2.45) is 0 Å². The van der Waals surface area contributed by atoms with E-state index in [1.165, 1.54) is 11.1 Å². The predicted octanol–water partition coefficient (Wildman–Crippen LogP) is 0.159. The van der Waals surface area contributed by atoms with Crippen LogP contribution in [-0.2, 0) is 25.7 Å². The van der Waals surface area contributed by atoms with E-state index in [1.54, 1.807) is 0 Å². The van der Waals surface area contributed by atoms with Gasteiger partial charge in [-0.2, -0.15) is 24.2 Å². The van der Waals surface area contributed by atoms with Crippen LogP contribution in [0.1, 0.15) is 5.69 Å². The number of carbonyl (C=O) groups is 3. The van der Waals surface area contributed by atoms with E-state index in [4.69, 9.17) is 9.57 Å². The van der Waals surface area contributed by atoms with Crippen LogP contribution >= 0.6 is 0 Å². The molecule has 2 aromatic rings. The molecule has 0 bridgehead atoms. The third kappa shape index (κ3) is 6.46. The quantitative estimate of drug-likeness (QED) is 0.376. The zero-order chi connectivity index (χ0) is 27.2. The second kappa shape index (κ2) is 12.0. The molecule has 206 valence electrons. The minimum atomic E-state index is -3.23. The van der Waals surface area contributed by atoms with Crippen LogP contribution in [0, 0.1) is 11.6 Å². The summed E-state index contributed by atoms with van der Waals surface area (Å²) >= 11 is 0. The van der Waals surface area contributed by atoms with Crippen LogP contribution in [0.5, 0.6) is 0 Å². The fourth-order valence-corrected chi connectivity index (χ4v) is 3.91. The maximum absolute atomic E-state index is 15.1. The standard InChI is InChI=1S/C21H24F4N8O5/c22-15-5-13(32-11-14(38-21(32)36)9-27-20(35)19(24)25)6-16(23)18(15)31-1-2-33(37-4-3-31)17(34)10-26-7-12-8-28-30-29-12/h5-6,8,14,19,26H,1-4,7,9-11H2,(H,27,35)(H,28,29,30). The summed E-state index contributed by atoms with van der Waals surface area (Å²) in [6.07, 6.45) is -3.64. The monoisotopic (exact) mass is 544 g/mol. The Morgan fingerprint density at radius 2 is 1.95 bits per heavy atom. The first-order chi connectivity index (χ1) is 18.2. The number of hydrogen-bond acceptors (Lipinski definition) is 9. The lowest BCUT2D eigenvalue weighted by molar-refractivity contribution is -0.180. The zero-order valence-corrected chi connectivity index (χ0v) is 19.8. The second-order valence-electron chi connectivity index (χ2n) is 8.30. The molecule has 0 saturated carbocycles. The summed E-state index contributed by atoms with van der Waals surface area (Å²) in [6, 6.07) is 1.89. The smallest absolute Gasteiger partial charge is 0.414 e. The normalized spacial score (nSPS) is 18.1. The number of alkyl halides is 2. The number of nitrogens with zero attached hydrogens (tertiary/aromatic N) is 5. The van der Waals surface area contributed by atoms with Crippen LogP contribution in [0.4, 0.5) is 33.7 Å². The van der Waals surface area contributed by atoms with Gasteiger partial charge in [0.1, 0.15) is 11.8 Å². The van der Waals surface area contributed by atoms with E-state index in [0.29, 0.717) is 12.2 Å². The highest BCUT2D eigenvalue weighted by atomic mass is 19.3. The topological polar surface area (TPSA) is 145 Å². The number of H-pyrrole nitrogens is 1. The van der Waals surface area contributed by atoms with Crippen molar-refractivity contribution in [1.82, 2.24) is 31.1 Å². The minimum absolute atomic E-state index is 0.0138. The second-order valence-corrected chi connectivity index (χ2v) is 8.30. The summed E-state index contributed by atoms with van der Waals surface area (Å²) in [4.78, 5) is 43.4. The maximum atomic E-state index is 15.1. The molecule has 0 aliphatic carbocycles. The zero-order valence-electron chi connectivity index (χ0n) is 19.8. The van der Waals surface area contributed by atoms with Gasteiger partial charge < -0.3 is 20.3 Å². The van der Waals surface area contributed by atoms with Crippen molar-refractivity contribution in [3.05, 3.63) is 35.7 Å². The molecule has 1 atom stereocenters. The average Bonchev–Trinajstić information content (AvgIpc) is 3.45. The molecule has 13 nitrogen and oxygen atoms in total. The van der Waals surface area contributed by atoms with E-state index < -0.39 is 36.2 Å². The van der Waals surface area contributed by atoms with Gasteiger partial charge in [0.15, 0.2) is 11.6 Å². The number of hydroxylamine groups is 2. The van der Waals surface area contributed by atoms with E-state index in [1.807, 2.05) is 5.32 Å². The molecule has 3 heterocycles. The van der Waals surface area contributed by atoms with Crippen LogP contribution in [0.3, 0.4) is 0 Å². The number of rotatable bonds is 9. The molecule has 2 aliphatic heterocycles. The van der Waals surface area contributed by atoms with Crippen LogP contribution in [0.2, 0.25) is 0 Å². The Hall–Kier alpha value is -3.99. The number of benzene rings is 1. The lowest BCUT2D eigenvalue weighted by Crippen LogP contribution is -2.39. The van der Waals surface area contributed by atoms with Crippen molar-refractivity contribution in [2.75, 3.05) is 55.7 Å². The number of hydrogen-bond donors (Lipinski definition) is 3. The molecule has 2 aliphatic rings. The summed E-state index contributed by atoms with van der Waals surface area (Å²) < 4.78 is 59.8. The molecule has 17 heteroatoms. The van der Waals surface area contributed by atoms with Crippen molar-refractivity contribution >= 4 is 29.3 Å². The summed E-state index contributed by atoms with van der Waals surface area (Å²) in [5, 5.41) is 15.9. The Morgan fingerprint density at radius 1 is 1.18 bits per heavy atom. The molecular weight excluding hydrogens is 520 g/mol. The van der Waals surface area contributed by atoms with Crippen molar-refractivity contribution in [3.63, 3.8) is 0 Å². The lowest BCUT2D eigenvalue weighted by atomic mass is 10.2. The van der Waals surface area contributed by atoms with Gasteiger partial charge in [-0.25, -0.2) is 18.6 Å². The van der Waals surface area contributed by atoms with Crippen LogP contribution in [0.25, 0.3) is 0 Å². The summed E-state index contributed by atoms with van der Waals surface area (Å²) in [5.74, 6) is -3.82. The number of cyclic esters (lactones) is 1. The molecule has 4 rings (SSSR count). The fourth-order valence-electron chi connectivity index (χ4n) is 3.91. The van der Waals surface area contributed by atoms with Gasteiger partial charge >= 0.3 is 12.5 Å². The van der Waals surface area contributed by atoms with E-state index in [9.17, 15) is 23.2 Å². The van der Waals surface area contributed by atoms with E-state index in [-0.39, 0.29) is 63.2 Å². The van der Waals surface area contributed by atoms with Gasteiger partial charge in [0.2, 0.25) is 0 Å². The van der Waals surface area contributed by atoms with Gasteiger partial charge in [-0.05, 0) is 0 Å². The number of ether oxygens (including phenoxy) is 1. The Bertz CT molecular complexity index is 1130. The molecule has 2 fully saturated rings. The van der Waals surface area contributed by atoms with E-state index in [2.05, 4.69) is 20.7 Å². The minimum Gasteiger partial charge on any atom is -0.442 e. The Morgan fingerprint density at radius 3 is 2.63 bits per heavy atom. The van der Waals surface area contributed by atoms with Gasteiger partial charge in [0.25, 0.3) is 11.8 Å². The summed E-state index contributed by atoms with van der Waals surface area (Å²) in [7, 11) is 0. The Balaban J connectivity index is 1.34. The highest BCUT2D eigenvalue weighted by Crippen LogP contribution is 2.31. The highest BCUT2D eigenvalue weighted by Gasteiger charge is 2.34. The number of halogens is 4. The first-order valence-corrected chi connectivity index (χ1v) is 11.5. The van der Waals surface area contributed by atoms with Crippen LogP contribution in [-0.4, -0.2) is 96.8 Å². The molecule has 1 unspecified atom stereocenters. The maximum Gasteiger partial charge on any atom is 0.414 e. The van der Waals surface area contributed by atoms with Gasteiger partial charge in [0.05, 0.1) is 50.4 Å². The molecule has 3 amide bonds. The van der Waals surface area contributed by atoms with Crippen LogP contribution < -0.4 is 20.4 Å². The number of amides is 3. The molecule has 1 aromatic carbocycles. The van der Waals surface area contributed by atoms with E-state index >= 15 is 8.78 Å². The number of aromatic nitrogens is 3. The number of aromatic amines is 1. The third-order valence-corrected chi connectivity index (χ3v) is 5.71. The molecule has 2 saturated heterocycles. The third-order valence-electron chi connectivity index (χ3n) is 5.71. The SMILES string of the molecule is O=C(NCC1CN(c2cc(F)c(N3CCON(C(=O)CNCc4cn[nH]n4)CC3)c(F)c2)C(=O)O1)C(F)F. The fraction of sp³-hybridized carbons (Fsp3) is 0.476. The molecular formula is C21H24F4N8O5. The number of carbonyl (C=O) groups excluding carboxylic acids is 3. The van der Waals surface area contributed by atoms with Gasteiger partial charge in [-0.15, -0.1) is 0 Å². The largest absolute Gasteiger partial charge is 0.442 e. The first-order valence-electron chi connectivity index (χ1n) is 11.5. The van der Waals surface area contributed by atoms with E-state index in [0.717, 1.165) is 22.1 Å². The van der Waals surface area contributed by atoms with Crippen molar-refractivity contribution in [3.8, 4) is 0 Å². The first kappa shape index (κ1) is 27.1. The van der Waals surface area contributed by atoms with Gasteiger partial charge in [0, 0.05) is 31.8 Å². The van der Waals surface area contributed by atoms with Crippen LogP contribution in [0.15, 0.2) is 18.3 Å². The van der Waals surface area contributed by atoms with Crippen molar-refractivity contribution in [2.45, 2.75) is 19.1 Å². The van der Waals surface area contributed by atoms with Gasteiger partial charge in [-0.1, -0.05) is 0 Å². The Labute approximate surface area is 213 Å². The average molecular weight is 544 g/mol. The van der Waals surface area contributed by atoms with Gasteiger partial charge in [-0.3, -0.25) is 19.3 Å². The lowest BCUT2D eigenvalue weighted by Gasteiger charge is -2.24. The molecule has 1 aromatic heterocycles. The number of anilines is 2. The Kier molecular flexibility index (Phi) is 8.57. The van der Waals surface area contributed by atoms with Crippen molar-refractivity contribution < 1.29 is 41.5 Å². The molecule has 38 heavy (non-hydrogen) atoms. The highest BCUT2D eigenvalue weighted by molar-refractivity contribution is 5.90. The number of nitrogens with one attached hydrogen (secondary N) is 3. The molecule has 3 N–H and O–H groups in total. The molecule has 0 spiro atoms. The summed E-state index contributed by atoms with van der Waals surface area (Å²) in [6.45, 7) is -0.159. The summed E-state index contributed by atoms with van der Waals surface area (Å²) in [5.41, 5.74) is 0.119. The predicted molar refractivity (Wildman–Crippen MR) is 121 cm³/mol.